The lowest BCUT2D eigenvalue weighted by Gasteiger charge is -2.12. The molecule has 128 valence electrons. The topological polar surface area (TPSA) is 39.3 Å². The van der Waals surface area contributed by atoms with Gasteiger partial charge in [-0.3, -0.25) is 9.20 Å². The van der Waals surface area contributed by atoms with E-state index < -0.39 is 30.1 Å². The summed E-state index contributed by atoms with van der Waals surface area (Å²) in [7, 11) is 0. The Labute approximate surface area is 132 Å². The summed E-state index contributed by atoms with van der Waals surface area (Å²) in [6.45, 7) is 1.69. The Kier molecular flexibility index (Phi) is 5.01. The number of benzene rings is 1. The molecule has 0 saturated carbocycles. The largest absolute Gasteiger partial charge is 0.298 e. The van der Waals surface area contributed by atoms with Crippen LogP contribution >= 0.6 is 0 Å². The summed E-state index contributed by atoms with van der Waals surface area (Å²) in [5, 5.41) is 0. The fourth-order valence-corrected chi connectivity index (χ4v) is 2.15. The van der Waals surface area contributed by atoms with E-state index in [1.165, 1.54) is 18.3 Å². The third-order valence-electron chi connectivity index (χ3n) is 3.41. The molecule has 0 aliphatic carbocycles. The van der Waals surface area contributed by atoms with Crippen LogP contribution in [-0.2, 0) is 0 Å². The Balaban J connectivity index is 0.000000647. The van der Waals surface area contributed by atoms with E-state index in [1.54, 1.807) is 13.8 Å². The Morgan fingerprint density at radius 2 is 1.67 bits per heavy atom. The first-order valence-electron chi connectivity index (χ1n) is 6.65. The van der Waals surface area contributed by atoms with E-state index in [4.69, 9.17) is 0 Å². The average molecular weight is 345 g/mol. The number of alkyl halides is 2. The highest BCUT2D eigenvalue weighted by Gasteiger charge is 2.20. The van der Waals surface area contributed by atoms with Crippen molar-refractivity contribution in [2.24, 2.45) is 0 Å². The van der Waals surface area contributed by atoms with Crippen LogP contribution < -0.4 is 5.56 Å². The second-order valence-electron chi connectivity index (χ2n) is 4.83. The minimum absolute atomic E-state index is 0.168. The highest BCUT2D eigenvalue weighted by atomic mass is 19.3. The first kappa shape index (κ1) is 17.6. The number of rotatable bonds is 1. The quantitative estimate of drug-likeness (QED) is 0.501. The number of imidazole rings is 1. The fraction of sp³-hybridized carbons (Fsp3) is 0.200. The summed E-state index contributed by atoms with van der Waals surface area (Å²) in [6, 6.07) is 2.63. The van der Waals surface area contributed by atoms with Gasteiger partial charge < -0.3 is 0 Å². The zero-order chi connectivity index (χ0) is 18.0. The molecule has 4 nitrogen and oxygen atoms in total. The molecule has 3 aromatic rings. The zero-order valence-electron chi connectivity index (χ0n) is 12.7. The lowest BCUT2D eigenvalue weighted by Crippen LogP contribution is -2.27. The second-order valence-corrected chi connectivity index (χ2v) is 4.83. The molecule has 0 N–H and O–H groups in total. The monoisotopic (exact) mass is 345 g/mol. The molecular weight excluding hydrogens is 333 g/mol. The van der Waals surface area contributed by atoms with Gasteiger partial charge in [-0.1, -0.05) is 0 Å². The van der Waals surface area contributed by atoms with Gasteiger partial charge in [-0.15, -0.1) is 0 Å². The molecule has 2 heterocycles. The van der Waals surface area contributed by atoms with E-state index in [1.807, 2.05) is 0 Å². The summed E-state index contributed by atoms with van der Waals surface area (Å²) in [5.74, 6) is -3.84. The Hall–Kier alpha value is -2.71. The van der Waals surface area contributed by atoms with E-state index >= 15 is 0 Å². The highest BCUT2D eigenvalue weighted by molar-refractivity contribution is 5.48. The molecule has 2 aromatic heterocycles. The fourth-order valence-electron chi connectivity index (χ4n) is 2.15. The Bertz CT molecular complexity index is 948. The second kappa shape index (κ2) is 6.81. The van der Waals surface area contributed by atoms with Crippen molar-refractivity contribution in [3.05, 3.63) is 63.6 Å². The molecular formula is C15H12F5N3O. The van der Waals surface area contributed by atoms with Gasteiger partial charge in [0.15, 0.2) is 0 Å². The van der Waals surface area contributed by atoms with Gasteiger partial charge in [-0.2, -0.15) is 8.78 Å². The summed E-state index contributed by atoms with van der Waals surface area (Å²) >= 11 is 0. The zero-order valence-corrected chi connectivity index (χ0v) is 12.7. The molecule has 0 aliphatic rings. The number of halogens is 5. The van der Waals surface area contributed by atoms with Crippen molar-refractivity contribution >= 4 is 5.78 Å². The van der Waals surface area contributed by atoms with Gasteiger partial charge in [0.1, 0.15) is 5.82 Å². The van der Waals surface area contributed by atoms with Gasteiger partial charge >= 0.3 is 0 Å². The van der Waals surface area contributed by atoms with Crippen LogP contribution in [0, 0.1) is 31.4 Å². The lowest BCUT2D eigenvalue weighted by molar-refractivity contribution is 0.295. The number of hydrogen-bond acceptors (Lipinski definition) is 2. The van der Waals surface area contributed by atoms with Crippen molar-refractivity contribution in [3.63, 3.8) is 0 Å². The van der Waals surface area contributed by atoms with Gasteiger partial charge in [0.05, 0.1) is 5.69 Å². The molecule has 0 saturated heterocycles. The van der Waals surface area contributed by atoms with Crippen LogP contribution in [0.25, 0.3) is 11.5 Å². The number of hydrogen-bond donors (Lipinski definition) is 0. The van der Waals surface area contributed by atoms with Crippen molar-refractivity contribution in [2.45, 2.75) is 13.8 Å². The van der Waals surface area contributed by atoms with Gasteiger partial charge in [0.2, 0.25) is 24.5 Å². The Morgan fingerprint density at radius 1 is 1.08 bits per heavy atom. The van der Waals surface area contributed by atoms with Crippen molar-refractivity contribution in [1.82, 2.24) is 14.0 Å². The molecule has 9 heteroatoms. The predicted octanol–water partition coefficient (Wildman–Crippen LogP) is 3.40. The SMILES string of the molecule is Cc1cc(F)c(-n2c(=O)c(F)c(F)n3ccnc23)cc1C.FCF. The molecule has 0 radical (unpaired) electrons. The van der Waals surface area contributed by atoms with Gasteiger partial charge in [0.25, 0.3) is 5.56 Å². The van der Waals surface area contributed by atoms with Crippen LogP contribution in [0.2, 0.25) is 0 Å². The average Bonchev–Trinajstić information content (AvgIpc) is 3.00. The van der Waals surface area contributed by atoms with E-state index in [0.29, 0.717) is 11.1 Å². The maximum absolute atomic E-state index is 14.1. The number of fused-ring (bicyclic) bond motifs is 1. The first-order valence-corrected chi connectivity index (χ1v) is 6.65. The maximum Gasteiger partial charge on any atom is 0.298 e. The van der Waals surface area contributed by atoms with E-state index in [-0.39, 0.29) is 11.5 Å². The third kappa shape index (κ3) is 2.89. The molecule has 0 fully saturated rings. The van der Waals surface area contributed by atoms with Crippen LogP contribution in [-0.4, -0.2) is 20.9 Å². The van der Waals surface area contributed by atoms with Crippen LogP contribution in [0.1, 0.15) is 11.1 Å². The van der Waals surface area contributed by atoms with Gasteiger partial charge in [-0.05, 0) is 37.1 Å². The molecule has 0 spiro atoms. The molecule has 0 aliphatic heterocycles. The standard InChI is InChI=1S/C14H10F3N3O.CH2F2/c1-7-5-9(15)10(6-8(7)2)20-13(21)11(16)12(17)19-4-3-18-14(19)20;2-1-3/h3-6H,1-2H3;1H2. The molecule has 0 amide bonds. The summed E-state index contributed by atoms with van der Waals surface area (Å²) in [6.07, 6.45) is 2.36. The predicted molar refractivity (Wildman–Crippen MR) is 77.2 cm³/mol. The van der Waals surface area contributed by atoms with Crippen molar-refractivity contribution < 1.29 is 22.0 Å². The maximum atomic E-state index is 14.1. The number of nitrogens with zero attached hydrogens (tertiary/aromatic N) is 3. The molecule has 3 rings (SSSR count). The minimum atomic E-state index is -1.75. The smallest absolute Gasteiger partial charge is 0.265 e. The summed E-state index contributed by atoms with van der Waals surface area (Å²) < 4.78 is 62.3. The van der Waals surface area contributed by atoms with Crippen LogP contribution in [0.5, 0.6) is 0 Å². The van der Waals surface area contributed by atoms with E-state index in [2.05, 4.69) is 4.98 Å². The number of aromatic nitrogens is 3. The molecule has 0 bridgehead atoms. The normalized spacial score (nSPS) is 10.6. The lowest BCUT2D eigenvalue weighted by atomic mass is 10.1. The highest BCUT2D eigenvalue weighted by Crippen LogP contribution is 2.20. The number of aryl methyl sites for hydroxylation is 2. The summed E-state index contributed by atoms with van der Waals surface area (Å²) in [4.78, 5) is 15.8. The third-order valence-corrected chi connectivity index (χ3v) is 3.41. The van der Waals surface area contributed by atoms with E-state index in [9.17, 15) is 26.7 Å². The van der Waals surface area contributed by atoms with Crippen LogP contribution in [0.15, 0.2) is 29.3 Å². The first-order chi connectivity index (χ1) is 11.3. The van der Waals surface area contributed by atoms with Gasteiger partial charge in [-0.25, -0.2) is 22.7 Å². The molecule has 0 unspecified atom stereocenters. The summed E-state index contributed by atoms with van der Waals surface area (Å²) in [5.41, 5.74) is -0.0504. The minimum Gasteiger partial charge on any atom is -0.265 e. The van der Waals surface area contributed by atoms with Gasteiger partial charge in [0, 0.05) is 12.4 Å². The molecule has 1 aromatic carbocycles. The van der Waals surface area contributed by atoms with Crippen molar-refractivity contribution in [3.8, 4) is 5.69 Å². The molecule has 0 atom stereocenters. The van der Waals surface area contributed by atoms with E-state index in [0.717, 1.165) is 15.2 Å². The van der Waals surface area contributed by atoms with Crippen molar-refractivity contribution in [2.75, 3.05) is 6.93 Å². The van der Waals surface area contributed by atoms with Crippen LogP contribution in [0.4, 0.5) is 22.0 Å². The molecule has 24 heavy (non-hydrogen) atoms. The Morgan fingerprint density at radius 3 is 2.29 bits per heavy atom. The van der Waals surface area contributed by atoms with Crippen LogP contribution in [0.3, 0.4) is 0 Å². The van der Waals surface area contributed by atoms with Crippen molar-refractivity contribution in [1.29, 1.82) is 0 Å².